The van der Waals surface area contributed by atoms with E-state index in [9.17, 15) is 0 Å². The van der Waals surface area contributed by atoms with Crippen LogP contribution in [-0.4, -0.2) is 12.9 Å². The summed E-state index contributed by atoms with van der Waals surface area (Å²) in [5, 5.41) is 5.95. The minimum absolute atomic E-state index is 0. The fraction of sp³-hybridized carbons (Fsp3) is 0.0800. The first kappa shape index (κ1) is 20.4. The molecule has 29 heavy (non-hydrogen) atoms. The molecule has 0 unspecified atom stereocenters. The van der Waals surface area contributed by atoms with Crippen LogP contribution in [0.4, 0.5) is 11.4 Å². The predicted octanol–water partition coefficient (Wildman–Crippen LogP) is 1.43. The second-order valence-electron chi connectivity index (χ2n) is 6.75. The number of hydrogen-bond donors (Lipinski definition) is 2. The van der Waals surface area contributed by atoms with E-state index in [1.807, 2.05) is 24.3 Å². The molecule has 0 aliphatic rings. The molecule has 146 valence electrons. The third-order valence-electron chi connectivity index (χ3n) is 4.74. The quantitative estimate of drug-likeness (QED) is 0.400. The molecular formula is C25H23ClN2O. The van der Waals surface area contributed by atoms with Crippen molar-refractivity contribution in [2.75, 3.05) is 12.4 Å². The Hall–Kier alpha value is -3.30. The monoisotopic (exact) mass is 402 g/mol. The molecule has 0 aliphatic carbocycles. The van der Waals surface area contributed by atoms with Crippen molar-refractivity contribution in [1.82, 2.24) is 0 Å². The Bertz CT molecular complexity index is 1110. The number of aryl methyl sites for hydroxylation is 1. The van der Waals surface area contributed by atoms with E-state index in [0.717, 1.165) is 28.5 Å². The third-order valence-corrected chi connectivity index (χ3v) is 4.74. The van der Waals surface area contributed by atoms with Crippen LogP contribution in [0.1, 0.15) is 11.1 Å². The van der Waals surface area contributed by atoms with Gasteiger partial charge in [-0.1, -0.05) is 54.1 Å². The number of anilines is 1. The number of rotatable bonds is 4. The maximum absolute atomic E-state index is 5.27. The topological polar surface area (TPSA) is 35.2 Å². The first-order valence-electron chi connectivity index (χ1n) is 9.33. The lowest BCUT2D eigenvalue weighted by atomic mass is 10.0. The Balaban J connectivity index is 0.00000240. The van der Waals surface area contributed by atoms with E-state index < -0.39 is 0 Å². The molecule has 0 fully saturated rings. The Labute approximate surface area is 177 Å². The van der Waals surface area contributed by atoms with Crippen LogP contribution >= 0.6 is 0 Å². The predicted molar refractivity (Wildman–Crippen MR) is 116 cm³/mol. The highest BCUT2D eigenvalue weighted by Gasteiger charge is 2.15. The zero-order valence-electron chi connectivity index (χ0n) is 16.4. The van der Waals surface area contributed by atoms with Gasteiger partial charge in [0.25, 0.3) is 5.84 Å². The van der Waals surface area contributed by atoms with Crippen LogP contribution in [0.2, 0.25) is 0 Å². The lowest BCUT2D eigenvalue weighted by molar-refractivity contribution is -0.352. The van der Waals surface area contributed by atoms with Crippen molar-refractivity contribution in [2.24, 2.45) is 0 Å². The van der Waals surface area contributed by atoms with Crippen molar-refractivity contribution in [3.05, 3.63) is 102 Å². The van der Waals surface area contributed by atoms with Crippen molar-refractivity contribution < 1.29 is 22.1 Å². The van der Waals surface area contributed by atoms with E-state index >= 15 is 0 Å². The molecule has 4 rings (SSSR count). The van der Waals surface area contributed by atoms with Gasteiger partial charge in [-0.25, -0.2) is 10.3 Å². The number of benzene rings is 4. The number of methoxy groups -OCH3 is 1. The number of nitrogens with one attached hydrogen (secondary N) is 2. The summed E-state index contributed by atoms with van der Waals surface area (Å²) in [5.41, 5.74) is 4.38. The van der Waals surface area contributed by atoms with E-state index in [4.69, 9.17) is 4.74 Å². The van der Waals surface area contributed by atoms with Crippen molar-refractivity contribution in [2.45, 2.75) is 6.92 Å². The Kier molecular flexibility index (Phi) is 6.53. The second-order valence-corrected chi connectivity index (χ2v) is 6.75. The fourth-order valence-electron chi connectivity index (χ4n) is 3.21. The largest absolute Gasteiger partial charge is 1.00 e. The molecule has 0 bridgehead atoms. The minimum Gasteiger partial charge on any atom is -1.00 e. The minimum atomic E-state index is 0. The SMILES string of the molecule is COc1ccc(NC(=[NH+]c2ccc(C)cc2)c2cccc3ccccc23)cc1.[Cl-]. The van der Waals surface area contributed by atoms with Gasteiger partial charge in [-0.15, -0.1) is 0 Å². The number of ether oxygens (including phenoxy) is 1. The molecule has 0 spiro atoms. The molecular weight excluding hydrogens is 380 g/mol. The number of halogens is 1. The summed E-state index contributed by atoms with van der Waals surface area (Å²) in [6.07, 6.45) is 0. The molecule has 0 aliphatic heterocycles. The summed E-state index contributed by atoms with van der Waals surface area (Å²) in [6, 6.07) is 31.1. The van der Waals surface area contributed by atoms with E-state index in [1.54, 1.807) is 7.11 Å². The summed E-state index contributed by atoms with van der Waals surface area (Å²) in [4.78, 5) is 3.57. The average Bonchev–Trinajstić information content (AvgIpc) is 2.75. The molecule has 0 amide bonds. The molecule has 0 saturated carbocycles. The lowest BCUT2D eigenvalue weighted by Crippen LogP contribution is -3.00. The van der Waals surface area contributed by atoms with E-state index in [1.165, 1.54) is 16.3 Å². The van der Waals surface area contributed by atoms with Crippen LogP contribution in [-0.2, 0) is 0 Å². The van der Waals surface area contributed by atoms with E-state index in [-0.39, 0.29) is 12.4 Å². The van der Waals surface area contributed by atoms with Gasteiger partial charge in [-0.3, -0.25) is 0 Å². The Morgan fingerprint density at radius 2 is 1.48 bits per heavy atom. The van der Waals surface area contributed by atoms with Gasteiger partial charge in [0.2, 0.25) is 0 Å². The highest BCUT2D eigenvalue weighted by atomic mass is 35.5. The van der Waals surface area contributed by atoms with Crippen molar-refractivity contribution in [3.8, 4) is 5.75 Å². The van der Waals surface area contributed by atoms with E-state index in [2.05, 4.69) is 84.0 Å². The van der Waals surface area contributed by atoms with Gasteiger partial charge >= 0.3 is 0 Å². The van der Waals surface area contributed by atoms with Crippen LogP contribution in [0, 0.1) is 6.92 Å². The molecule has 3 nitrogen and oxygen atoms in total. The third kappa shape index (κ3) is 4.76. The summed E-state index contributed by atoms with van der Waals surface area (Å²) < 4.78 is 5.27. The van der Waals surface area contributed by atoms with Crippen LogP contribution in [0.3, 0.4) is 0 Å². The van der Waals surface area contributed by atoms with Gasteiger partial charge in [0.15, 0.2) is 0 Å². The normalized spacial score (nSPS) is 11.0. The maximum Gasteiger partial charge on any atom is 0.285 e. The van der Waals surface area contributed by atoms with Crippen LogP contribution in [0.15, 0.2) is 91.0 Å². The first-order valence-corrected chi connectivity index (χ1v) is 9.33. The smallest absolute Gasteiger partial charge is 0.285 e. The van der Waals surface area contributed by atoms with E-state index in [0.29, 0.717) is 0 Å². The highest BCUT2D eigenvalue weighted by Crippen LogP contribution is 2.20. The standard InChI is InChI=1S/C25H22N2O.ClH/c1-18-10-12-20(13-11-18)26-25(27-21-14-16-22(28-2)17-15-21)24-9-5-7-19-6-3-4-8-23(19)24;/h3-17H,1-2H3,(H,26,27);1H. The zero-order valence-corrected chi connectivity index (χ0v) is 17.2. The molecule has 0 saturated heterocycles. The summed E-state index contributed by atoms with van der Waals surface area (Å²) in [7, 11) is 1.68. The highest BCUT2D eigenvalue weighted by molar-refractivity contribution is 6.13. The van der Waals surface area contributed by atoms with Crippen molar-refractivity contribution >= 4 is 28.0 Å². The molecule has 4 aromatic rings. The number of hydrogen-bond acceptors (Lipinski definition) is 1. The molecule has 4 heteroatoms. The van der Waals surface area contributed by atoms with Gasteiger partial charge in [0, 0.05) is 0 Å². The molecule has 0 atom stereocenters. The zero-order chi connectivity index (χ0) is 19.3. The lowest BCUT2D eigenvalue weighted by Gasteiger charge is -2.08. The van der Waals surface area contributed by atoms with Crippen LogP contribution in [0.5, 0.6) is 5.75 Å². The Morgan fingerprint density at radius 1 is 0.793 bits per heavy atom. The second kappa shape index (κ2) is 9.26. The summed E-state index contributed by atoms with van der Waals surface area (Å²) in [6.45, 7) is 2.09. The maximum atomic E-state index is 5.27. The van der Waals surface area contributed by atoms with Gasteiger partial charge in [0.1, 0.15) is 17.1 Å². The van der Waals surface area contributed by atoms with Gasteiger partial charge < -0.3 is 17.1 Å². The fourth-order valence-corrected chi connectivity index (χ4v) is 3.21. The summed E-state index contributed by atoms with van der Waals surface area (Å²) >= 11 is 0. The molecule has 0 heterocycles. The van der Waals surface area contributed by atoms with Crippen molar-refractivity contribution in [3.63, 3.8) is 0 Å². The van der Waals surface area contributed by atoms with Crippen LogP contribution in [0.25, 0.3) is 10.8 Å². The number of amidine groups is 1. The van der Waals surface area contributed by atoms with Crippen molar-refractivity contribution in [1.29, 1.82) is 0 Å². The Morgan fingerprint density at radius 3 is 2.21 bits per heavy atom. The van der Waals surface area contributed by atoms with Gasteiger partial charge in [-0.05, 0) is 60.2 Å². The summed E-state index contributed by atoms with van der Waals surface area (Å²) in [5.74, 6) is 1.77. The molecule has 0 radical (unpaired) electrons. The van der Waals surface area contributed by atoms with Crippen LogP contribution < -0.4 is 27.5 Å². The van der Waals surface area contributed by atoms with Gasteiger partial charge in [0.05, 0.1) is 12.7 Å². The molecule has 4 aromatic carbocycles. The van der Waals surface area contributed by atoms with Gasteiger partial charge in [-0.2, -0.15) is 0 Å². The molecule has 2 N–H and O–H groups in total. The number of fused-ring (bicyclic) bond motifs is 1. The first-order chi connectivity index (χ1) is 13.7. The molecule has 0 aromatic heterocycles. The average molecular weight is 403 g/mol.